The number of nitrogens with zero attached hydrogens (tertiary/aromatic N) is 2. The molecule has 1 unspecified atom stereocenters. The lowest BCUT2D eigenvalue weighted by atomic mass is 9.75. The van der Waals surface area contributed by atoms with Crippen LogP contribution in [0.3, 0.4) is 0 Å². The molecule has 3 nitrogen and oxygen atoms in total. The van der Waals surface area contributed by atoms with Crippen LogP contribution in [0.4, 0.5) is 0 Å². The van der Waals surface area contributed by atoms with E-state index < -0.39 is 0 Å². The van der Waals surface area contributed by atoms with E-state index in [4.69, 9.17) is 12.2 Å². The lowest BCUT2D eigenvalue weighted by Crippen LogP contribution is -2.59. The van der Waals surface area contributed by atoms with Crippen molar-refractivity contribution in [1.82, 2.24) is 15.2 Å². The van der Waals surface area contributed by atoms with Crippen molar-refractivity contribution in [2.45, 2.75) is 5.41 Å². The highest BCUT2D eigenvalue weighted by Crippen LogP contribution is 2.34. The van der Waals surface area contributed by atoms with Crippen molar-refractivity contribution in [3.05, 3.63) is 66.0 Å². The zero-order valence-corrected chi connectivity index (χ0v) is 13.5. The Balaban J connectivity index is 0.00000161. The molecule has 110 valence electrons. The van der Waals surface area contributed by atoms with E-state index in [0.717, 1.165) is 23.9 Å². The molecule has 1 aromatic carbocycles. The molecule has 3 rings (SSSR count). The van der Waals surface area contributed by atoms with Crippen LogP contribution in [0.1, 0.15) is 11.3 Å². The van der Waals surface area contributed by atoms with E-state index in [-0.39, 0.29) is 17.8 Å². The lowest BCUT2D eigenvalue weighted by molar-refractivity contribution is 0.268. The smallest absolute Gasteiger partial charge is 0.100 e. The summed E-state index contributed by atoms with van der Waals surface area (Å²) in [5.74, 6) is 0. The number of nitrogens with one attached hydrogen (secondary N) is 1. The van der Waals surface area contributed by atoms with E-state index in [0.29, 0.717) is 0 Å². The number of pyridine rings is 1. The Hall–Kier alpha value is -1.49. The van der Waals surface area contributed by atoms with Crippen LogP contribution in [0, 0.1) is 0 Å². The van der Waals surface area contributed by atoms with E-state index in [2.05, 4.69) is 52.6 Å². The van der Waals surface area contributed by atoms with Crippen LogP contribution in [0.2, 0.25) is 0 Å². The topological polar surface area (TPSA) is 28.2 Å². The van der Waals surface area contributed by atoms with Crippen LogP contribution >= 0.6 is 24.6 Å². The maximum atomic E-state index is 5.68. The molecule has 21 heavy (non-hydrogen) atoms. The Labute approximate surface area is 136 Å². The highest BCUT2D eigenvalue weighted by Gasteiger charge is 2.43. The fraction of sp³-hybridized carbons (Fsp3) is 0.250. The second-order valence-electron chi connectivity index (χ2n) is 5.16. The molecule has 1 fully saturated rings. The number of halogens is 1. The second-order valence-corrected chi connectivity index (χ2v) is 5.57. The van der Waals surface area contributed by atoms with Gasteiger partial charge in [0.15, 0.2) is 0 Å². The summed E-state index contributed by atoms with van der Waals surface area (Å²) in [6, 6.07) is 16.4. The molecule has 1 aromatic heterocycles. The summed E-state index contributed by atoms with van der Waals surface area (Å²) in [4.78, 5) is 7.66. The van der Waals surface area contributed by atoms with Gasteiger partial charge in [-0.25, -0.2) is 0 Å². The zero-order valence-electron chi connectivity index (χ0n) is 11.8. The fourth-order valence-corrected chi connectivity index (χ4v) is 3.15. The number of thiocarbonyl (C=S) groups is 1. The third kappa shape index (κ3) is 2.79. The predicted octanol–water partition coefficient (Wildman–Crippen LogP) is 2.61. The average Bonchev–Trinajstić information content (AvgIpc) is 2.51. The first-order valence-electron chi connectivity index (χ1n) is 6.67. The summed E-state index contributed by atoms with van der Waals surface area (Å²) >= 11 is 5.68. The molecule has 0 spiro atoms. The van der Waals surface area contributed by atoms with Gasteiger partial charge in [-0.05, 0) is 24.7 Å². The van der Waals surface area contributed by atoms with Gasteiger partial charge in [0.05, 0.1) is 17.4 Å². The van der Waals surface area contributed by atoms with Crippen molar-refractivity contribution in [1.29, 1.82) is 0 Å². The number of rotatable bonds is 2. The first-order chi connectivity index (χ1) is 9.73. The largest absolute Gasteiger partial charge is 0.366 e. The third-order valence-electron chi connectivity index (χ3n) is 3.77. The minimum absolute atomic E-state index is 0. The van der Waals surface area contributed by atoms with Gasteiger partial charge in [0.25, 0.3) is 0 Å². The molecule has 1 aliphatic rings. The molecule has 0 amide bonds. The quantitative estimate of drug-likeness (QED) is 0.861. The second kappa shape index (κ2) is 6.52. The Morgan fingerprint density at radius 2 is 1.86 bits per heavy atom. The molecule has 0 saturated carbocycles. The van der Waals surface area contributed by atoms with Crippen LogP contribution in [0.25, 0.3) is 0 Å². The monoisotopic (exact) mass is 319 g/mol. The van der Waals surface area contributed by atoms with Gasteiger partial charge in [0.2, 0.25) is 0 Å². The molecule has 1 atom stereocenters. The molecule has 1 N–H and O–H groups in total. The summed E-state index contributed by atoms with van der Waals surface area (Å²) in [7, 11) is 2.09. The number of benzene rings is 1. The summed E-state index contributed by atoms with van der Waals surface area (Å²) in [5.41, 5.74) is 1.81. The average molecular weight is 320 g/mol. The van der Waals surface area contributed by atoms with Gasteiger partial charge < -0.3 is 5.32 Å². The molecule has 0 radical (unpaired) electrons. The summed E-state index contributed by atoms with van der Waals surface area (Å²) in [6.45, 7) is 1.61. The van der Waals surface area contributed by atoms with Gasteiger partial charge in [-0.15, -0.1) is 12.4 Å². The van der Waals surface area contributed by atoms with E-state index >= 15 is 0 Å². The number of hydrogen-bond acceptors (Lipinski definition) is 3. The van der Waals surface area contributed by atoms with Gasteiger partial charge in [-0.1, -0.05) is 48.6 Å². The van der Waals surface area contributed by atoms with Crippen molar-refractivity contribution in [3.63, 3.8) is 0 Å². The van der Waals surface area contributed by atoms with E-state index in [9.17, 15) is 0 Å². The Morgan fingerprint density at radius 3 is 2.52 bits per heavy atom. The standard InChI is InChI=1S/C16H17N3S.ClH/c1-19-11-16(15(20)18-12-19,13-7-3-2-4-8-13)14-9-5-6-10-17-14;/h2-10H,11-12H2,1H3,(H,18,20);1H. The molecule has 0 aliphatic carbocycles. The Morgan fingerprint density at radius 1 is 1.14 bits per heavy atom. The van der Waals surface area contributed by atoms with Gasteiger partial charge in [-0.2, -0.15) is 0 Å². The maximum Gasteiger partial charge on any atom is 0.100 e. The lowest BCUT2D eigenvalue weighted by Gasteiger charge is -2.42. The van der Waals surface area contributed by atoms with Gasteiger partial charge in [0, 0.05) is 12.7 Å². The van der Waals surface area contributed by atoms with Crippen molar-refractivity contribution in [2.24, 2.45) is 0 Å². The van der Waals surface area contributed by atoms with Crippen molar-refractivity contribution < 1.29 is 0 Å². The van der Waals surface area contributed by atoms with Crippen LogP contribution in [0.5, 0.6) is 0 Å². The normalized spacial score (nSPS) is 22.2. The SMILES string of the molecule is CN1CNC(=S)C(c2ccccc2)(c2ccccn2)C1.Cl. The summed E-state index contributed by atoms with van der Waals surface area (Å²) < 4.78 is 0. The molecule has 2 aromatic rings. The van der Waals surface area contributed by atoms with Gasteiger partial charge >= 0.3 is 0 Å². The fourth-order valence-electron chi connectivity index (χ4n) is 2.80. The highest BCUT2D eigenvalue weighted by atomic mass is 35.5. The molecule has 0 bridgehead atoms. The number of likely N-dealkylation sites (N-methyl/N-ethyl adjacent to an activating group) is 1. The zero-order chi connectivity index (χ0) is 14.0. The van der Waals surface area contributed by atoms with Crippen LogP contribution < -0.4 is 5.32 Å². The molecular weight excluding hydrogens is 302 g/mol. The molecule has 1 aliphatic heterocycles. The first-order valence-corrected chi connectivity index (χ1v) is 7.08. The van der Waals surface area contributed by atoms with Crippen molar-refractivity contribution in [3.8, 4) is 0 Å². The molecule has 2 heterocycles. The first kappa shape index (κ1) is 15.9. The third-order valence-corrected chi connectivity index (χ3v) is 4.27. The Kier molecular flexibility index (Phi) is 4.93. The highest BCUT2D eigenvalue weighted by molar-refractivity contribution is 7.80. The minimum atomic E-state index is -0.370. The minimum Gasteiger partial charge on any atom is -0.366 e. The van der Waals surface area contributed by atoms with Gasteiger partial charge in [0.1, 0.15) is 5.41 Å². The predicted molar refractivity (Wildman–Crippen MR) is 91.9 cm³/mol. The number of aromatic nitrogens is 1. The molecule has 1 saturated heterocycles. The van der Waals surface area contributed by atoms with Crippen molar-refractivity contribution in [2.75, 3.05) is 20.3 Å². The van der Waals surface area contributed by atoms with E-state index in [1.807, 2.05) is 24.4 Å². The number of hydrogen-bond donors (Lipinski definition) is 1. The molecule has 5 heteroatoms. The van der Waals surface area contributed by atoms with Crippen LogP contribution in [0.15, 0.2) is 54.7 Å². The van der Waals surface area contributed by atoms with Gasteiger partial charge in [-0.3, -0.25) is 9.88 Å². The maximum absolute atomic E-state index is 5.68. The van der Waals surface area contributed by atoms with E-state index in [1.54, 1.807) is 0 Å². The van der Waals surface area contributed by atoms with E-state index in [1.165, 1.54) is 5.56 Å². The summed E-state index contributed by atoms with van der Waals surface area (Å²) in [6.07, 6.45) is 1.83. The van der Waals surface area contributed by atoms with Crippen LogP contribution in [-0.4, -0.2) is 35.1 Å². The molecular formula is C16H18ClN3S. The Bertz CT molecular complexity index is 564. The van der Waals surface area contributed by atoms with Crippen LogP contribution in [-0.2, 0) is 5.41 Å². The summed E-state index contributed by atoms with van der Waals surface area (Å²) in [5, 5.41) is 3.34. The van der Waals surface area contributed by atoms with Crippen molar-refractivity contribution >= 4 is 29.6 Å².